The average molecular weight is 356 g/mol. The molecule has 0 aliphatic rings. The third kappa shape index (κ3) is 5.26. The van der Waals surface area contributed by atoms with Gasteiger partial charge in [0.15, 0.2) is 5.82 Å². The third-order valence-corrected chi connectivity index (χ3v) is 4.21. The van der Waals surface area contributed by atoms with Crippen molar-refractivity contribution in [1.29, 1.82) is 0 Å². The molecule has 0 fully saturated rings. The number of hydrogen-bond acceptors (Lipinski definition) is 5. The van der Waals surface area contributed by atoms with Crippen LogP contribution in [0, 0.1) is 0 Å². The summed E-state index contributed by atoms with van der Waals surface area (Å²) in [6.45, 7) is 3.99. The zero-order valence-electron chi connectivity index (χ0n) is 11.6. The van der Waals surface area contributed by atoms with Crippen LogP contribution in [0.15, 0.2) is 38.2 Å². The van der Waals surface area contributed by atoms with Crippen LogP contribution in [0.2, 0.25) is 0 Å². The van der Waals surface area contributed by atoms with Crippen LogP contribution in [0.4, 0.5) is 0 Å². The highest BCUT2D eigenvalue weighted by Crippen LogP contribution is 2.23. The van der Waals surface area contributed by atoms with Crippen LogP contribution in [0.25, 0.3) is 0 Å². The van der Waals surface area contributed by atoms with E-state index in [-0.39, 0.29) is 5.54 Å². The van der Waals surface area contributed by atoms with E-state index in [1.807, 2.05) is 26.0 Å². The molecule has 4 nitrogen and oxygen atoms in total. The number of halogens is 1. The largest absolute Gasteiger partial charge is 0.339 e. The van der Waals surface area contributed by atoms with Gasteiger partial charge in [0, 0.05) is 21.3 Å². The van der Waals surface area contributed by atoms with E-state index < -0.39 is 0 Å². The summed E-state index contributed by atoms with van der Waals surface area (Å²) < 4.78 is 6.31. The Hall–Kier alpha value is -0.850. The van der Waals surface area contributed by atoms with Crippen LogP contribution < -0.4 is 5.73 Å². The number of benzene rings is 1. The van der Waals surface area contributed by atoms with Gasteiger partial charge in [-0.15, -0.1) is 11.8 Å². The van der Waals surface area contributed by atoms with Gasteiger partial charge >= 0.3 is 0 Å². The van der Waals surface area contributed by atoms with Crippen molar-refractivity contribution in [2.75, 3.05) is 0 Å². The second-order valence-corrected chi connectivity index (χ2v) is 7.30. The maximum atomic E-state index is 5.94. The summed E-state index contributed by atoms with van der Waals surface area (Å²) in [7, 11) is 0. The molecular formula is C14H18BrN3OS. The zero-order valence-corrected chi connectivity index (χ0v) is 14.0. The van der Waals surface area contributed by atoms with Crippen LogP contribution in [0.1, 0.15) is 32.0 Å². The second kappa shape index (κ2) is 6.74. The molecule has 0 bridgehead atoms. The maximum absolute atomic E-state index is 5.94. The van der Waals surface area contributed by atoms with Gasteiger partial charge in [-0.1, -0.05) is 21.1 Å². The molecule has 0 saturated heterocycles. The Morgan fingerprint density at radius 2 is 2.00 bits per heavy atom. The summed E-state index contributed by atoms with van der Waals surface area (Å²) in [5, 5.41) is 3.99. The number of nitrogens with zero attached hydrogens (tertiary/aromatic N) is 2. The molecule has 2 aromatic rings. The van der Waals surface area contributed by atoms with Gasteiger partial charge < -0.3 is 10.3 Å². The SMILES string of the molecule is CC(C)(N)CCc1nc(CSc2ccc(Br)cc2)no1. The first kappa shape index (κ1) is 15.5. The first-order valence-electron chi connectivity index (χ1n) is 6.41. The standard InChI is InChI=1S/C14H18BrN3OS/c1-14(2,16)8-7-13-17-12(18-19-13)9-20-11-5-3-10(15)4-6-11/h3-6H,7-9,16H2,1-2H3. The highest BCUT2D eigenvalue weighted by Gasteiger charge is 2.14. The van der Waals surface area contributed by atoms with Crippen molar-refractivity contribution in [1.82, 2.24) is 10.1 Å². The van der Waals surface area contributed by atoms with Gasteiger partial charge in [0.05, 0.1) is 5.75 Å². The molecule has 20 heavy (non-hydrogen) atoms. The molecule has 6 heteroatoms. The fraction of sp³-hybridized carbons (Fsp3) is 0.429. The molecule has 108 valence electrons. The fourth-order valence-electron chi connectivity index (χ4n) is 1.56. The maximum Gasteiger partial charge on any atom is 0.226 e. The lowest BCUT2D eigenvalue weighted by molar-refractivity contribution is 0.355. The second-order valence-electron chi connectivity index (χ2n) is 5.34. The Labute approximate surface area is 131 Å². The molecule has 0 radical (unpaired) electrons. The minimum absolute atomic E-state index is 0.208. The summed E-state index contributed by atoms with van der Waals surface area (Å²) in [5.74, 6) is 2.09. The minimum atomic E-state index is -0.208. The molecular weight excluding hydrogens is 338 g/mol. The quantitative estimate of drug-likeness (QED) is 0.798. The summed E-state index contributed by atoms with van der Waals surface area (Å²) in [6, 6.07) is 8.17. The molecule has 0 aliphatic carbocycles. The Kier molecular flexibility index (Phi) is 5.23. The summed E-state index contributed by atoms with van der Waals surface area (Å²) in [5.41, 5.74) is 5.73. The lowest BCUT2D eigenvalue weighted by atomic mass is 10.0. The molecule has 2 N–H and O–H groups in total. The van der Waals surface area contributed by atoms with Crippen molar-refractivity contribution in [3.63, 3.8) is 0 Å². The van der Waals surface area contributed by atoms with Crippen molar-refractivity contribution in [2.24, 2.45) is 5.73 Å². The van der Waals surface area contributed by atoms with E-state index in [2.05, 4.69) is 38.2 Å². The Balaban J connectivity index is 1.85. The first-order chi connectivity index (χ1) is 9.42. The van der Waals surface area contributed by atoms with Gasteiger partial charge in [0.1, 0.15) is 0 Å². The van der Waals surface area contributed by atoms with Crippen molar-refractivity contribution in [3.8, 4) is 0 Å². The zero-order chi connectivity index (χ0) is 14.6. The monoisotopic (exact) mass is 355 g/mol. The molecule has 0 aliphatic heterocycles. The van der Waals surface area contributed by atoms with E-state index in [9.17, 15) is 0 Å². The van der Waals surface area contributed by atoms with Gasteiger partial charge in [-0.25, -0.2) is 0 Å². The molecule has 1 aromatic carbocycles. The summed E-state index contributed by atoms with van der Waals surface area (Å²) in [6.07, 6.45) is 1.55. The summed E-state index contributed by atoms with van der Waals surface area (Å²) >= 11 is 5.11. The first-order valence-corrected chi connectivity index (χ1v) is 8.19. The number of rotatable bonds is 6. The van der Waals surface area contributed by atoms with Gasteiger partial charge in [-0.05, 0) is 44.5 Å². The van der Waals surface area contributed by atoms with E-state index in [4.69, 9.17) is 10.3 Å². The minimum Gasteiger partial charge on any atom is -0.339 e. The highest BCUT2D eigenvalue weighted by molar-refractivity contribution is 9.10. The van der Waals surface area contributed by atoms with E-state index in [1.54, 1.807) is 11.8 Å². The summed E-state index contributed by atoms with van der Waals surface area (Å²) in [4.78, 5) is 5.57. The molecule has 1 aromatic heterocycles. The van der Waals surface area contributed by atoms with Crippen LogP contribution in [-0.4, -0.2) is 15.7 Å². The van der Waals surface area contributed by atoms with Crippen LogP contribution in [-0.2, 0) is 12.2 Å². The van der Waals surface area contributed by atoms with Crippen LogP contribution in [0.5, 0.6) is 0 Å². The van der Waals surface area contributed by atoms with Crippen LogP contribution >= 0.6 is 27.7 Å². The number of nitrogens with two attached hydrogens (primary N) is 1. The number of aryl methyl sites for hydroxylation is 1. The Bertz CT molecular complexity index is 548. The van der Waals surface area contributed by atoms with Crippen molar-refractivity contribution >= 4 is 27.7 Å². The topological polar surface area (TPSA) is 64.9 Å². The van der Waals surface area contributed by atoms with Crippen molar-refractivity contribution in [2.45, 2.75) is 42.9 Å². The normalized spacial score (nSPS) is 11.8. The van der Waals surface area contributed by atoms with Crippen molar-refractivity contribution < 1.29 is 4.52 Å². The molecule has 0 atom stereocenters. The molecule has 1 heterocycles. The van der Waals surface area contributed by atoms with Gasteiger partial charge in [0.25, 0.3) is 0 Å². The van der Waals surface area contributed by atoms with Crippen LogP contribution in [0.3, 0.4) is 0 Å². The third-order valence-electron chi connectivity index (χ3n) is 2.67. The fourth-order valence-corrected chi connectivity index (χ4v) is 2.56. The van der Waals surface area contributed by atoms with E-state index in [1.165, 1.54) is 4.90 Å². The predicted molar refractivity (Wildman–Crippen MR) is 84.6 cm³/mol. The van der Waals surface area contributed by atoms with E-state index >= 15 is 0 Å². The predicted octanol–water partition coefficient (Wildman–Crippen LogP) is 3.79. The smallest absolute Gasteiger partial charge is 0.226 e. The Morgan fingerprint density at radius 1 is 1.30 bits per heavy atom. The average Bonchev–Trinajstić information content (AvgIpc) is 2.83. The van der Waals surface area contributed by atoms with Crippen molar-refractivity contribution in [3.05, 3.63) is 40.5 Å². The van der Waals surface area contributed by atoms with Gasteiger partial charge in [-0.3, -0.25) is 0 Å². The van der Waals surface area contributed by atoms with Gasteiger partial charge in [-0.2, -0.15) is 4.98 Å². The number of aromatic nitrogens is 2. The van der Waals surface area contributed by atoms with E-state index in [0.717, 1.165) is 23.1 Å². The van der Waals surface area contributed by atoms with Gasteiger partial charge in [0.2, 0.25) is 5.89 Å². The molecule has 2 rings (SSSR count). The lowest BCUT2D eigenvalue weighted by Crippen LogP contribution is -2.32. The molecule has 0 amide bonds. The number of thioether (sulfide) groups is 1. The number of hydrogen-bond donors (Lipinski definition) is 1. The lowest BCUT2D eigenvalue weighted by Gasteiger charge is -2.16. The highest BCUT2D eigenvalue weighted by atomic mass is 79.9. The molecule has 0 spiro atoms. The Morgan fingerprint density at radius 3 is 2.65 bits per heavy atom. The van der Waals surface area contributed by atoms with E-state index in [0.29, 0.717) is 11.6 Å². The molecule has 0 unspecified atom stereocenters. The molecule has 0 saturated carbocycles.